The molecular formula is C11H15BFNO3. The van der Waals surface area contributed by atoms with Gasteiger partial charge in [0, 0.05) is 5.46 Å². The number of carbonyl (C=O) groups excluding carboxylic acids is 1. The maximum Gasteiger partial charge on any atom is 0.491 e. The van der Waals surface area contributed by atoms with Crippen molar-refractivity contribution >= 4 is 18.7 Å². The Morgan fingerprint density at radius 3 is 2.47 bits per heavy atom. The zero-order chi connectivity index (χ0) is 13.3. The van der Waals surface area contributed by atoms with Gasteiger partial charge in [-0.05, 0) is 11.6 Å². The van der Waals surface area contributed by atoms with Crippen LogP contribution in [0.25, 0.3) is 0 Å². The minimum Gasteiger partial charge on any atom is -0.423 e. The van der Waals surface area contributed by atoms with Gasteiger partial charge in [0.05, 0.1) is 6.54 Å². The van der Waals surface area contributed by atoms with Crippen molar-refractivity contribution in [2.75, 3.05) is 0 Å². The summed E-state index contributed by atoms with van der Waals surface area (Å²) in [6.45, 7) is 4.30. The zero-order valence-corrected chi connectivity index (χ0v) is 9.85. The second-order valence-electron chi connectivity index (χ2n) is 3.34. The molecule has 1 aromatic carbocycles. The molecule has 92 valence electrons. The lowest BCUT2D eigenvalue weighted by molar-refractivity contribution is 0.423. The summed E-state index contributed by atoms with van der Waals surface area (Å²) in [5.41, 5.74) is 0.279. The second kappa shape index (κ2) is 8.64. The molecule has 0 amide bonds. The summed E-state index contributed by atoms with van der Waals surface area (Å²) in [6.07, 6.45) is 2.59. The highest BCUT2D eigenvalue weighted by Gasteiger charge is 2.16. The van der Waals surface area contributed by atoms with Crippen LogP contribution in [0.4, 0.5) is 4.39 Å². The van der Waals surface area contributed by atoms with E-state index in [1.54, 1.807) is 0 Å². The summed E-state index contributed by atoms with van der Waals surface area (Å²) in [6, 6.07) is 3.73. The van der Waals surface area contributed by atoms with Crippen molar-refractivity contribution in [3.8, 4) is 0 Å². The second-order valence-corrected chi connectivity index (χ2v) is 3.34. The van der Waals surface area contributed by atoms with Gasteiger partial charge in [0.15, 0.2) is 0 Å². The molecule has 6 heteroatoms. The van der Waals surface area contributed by atoms with Crippen molar-refractivity contribution in [2.24, 2.45) is 4.99 Å². The third-order valence-electron chi connectivity index (χ3n) is 1.66. The third kappa shape index (κ3) is 5.97. The first kappa shape index (κ1) is 15.5. The summed E-state index contributed by atoms with van der Waals surface area (Å²) in [4.78, 5) is 13.1. The standard InChI is InChI=1S/C8H7BFNO3.C3H8/c10-8-2-1-6(4-11-5-12)3-7(8)9(13)14;1-3-2/h1-3,13-14H,4H2;3H2,1-2H3. The highest BCUT2D eigenvalue weighted by atomic mass is 19.1. The number of isocyanates is 1. The summed E-state index contributed by atoms with van der Waals surface area (Å²) < 4.78 is 12.9. The molecule has 0 aliphatic rings. The molecule has 0 aromatic heterocycles. The Morgan fingerprint density at radius 1 is 1.41 bits per heavy atom. The van der Waals surface area contributed by atoms with Gasteiger partial charge in [-0.1, -0.05) is 32.4 Å². The molecule has 4 nitrogen and oxygen atoms in total. The molecule has 0 fully saturated rings. The van der Waals surface area contributed by atoms with Gasteiger partial charge in [-0.15, -0.1) is 0 Å². The molecule has 0 saturated heterocycles. The van der Waals surface area contributed by atoms with Gasteiger partial charge < -0.3 is 10.0 Å². The van der Waals surface area contributed by atoms with E-state index in [1.807, 2.05) is 0 Å². The fourth-order valence-electron chi connectivity index (χ4n) is 1.01. The quantitative estimate of drug-likeness (QED) is 0.464. The number of hydrogen-bond donors (Lipinski definition) is 2. The molecule has 0 atom stereocenters. The molecule has 2 N–H and O–H groups in total. The van der Waals surface area contributed by atoms with Crippen LogP contribution in [0.3, 0.4) is 0 Å². The van der Waals surface area contributed by atoms with Gasteiger partial charge in [-0.3, -0.25) is 0 Å². The smallest absolute Gasteiger partial charge is 0.423 e. The van der Waals surface area contributed by atoms with Gasteiger partial charge in [0.2, 0.25) is 6.08 Å². The van der Waals surface area contributed by atoms with Crippen LogP contribution in [0.1, 0.15) is 25.8 Å². The predicted octanol–water partition coefficient (Wildman–Crippen LogP) is 0.758. The maximum absolute atomic E-state index is 12.9. The van der Waals surface area contributed by atoms with E-state index in [9.17, 15) is 9.18 Å². The SMILES string of the molecule is CCC.O=C=NCc1ccc(F)c(B(O)O)c1. The largest absolute Gasteiger partial charge is 0.491 e. The van der Waals surface area contributed by atoms with Crippen molar-refractivity contribution in [1.29, 1.82) is 0 Å². The molecule has 0 spiro atoms. The van der Waals surface area contributed by atoms with Crippen LogP contribution < -0.4 is 5.46 Å². The lowest BCUT2D eigenvalue weighted by Crippen LogP contribution is -2.33. The zero-order valence-electron chi connectivity index (χ0n) is 9.85. The van der Waals surface area contributed by atoms with E-state index in [-0.39, 0.29) is 12.0 Å². The van der Waals surface area contributed by atoms with Crippen molar-refractivity contribution in [3.05, 3.63) is 29.6 Å². The van der Waals surface area contributed by atoms with Crippen LogP contribution in [0, 0.1) is 5.82 Å². The third-order valence-corrected chi connectivity index (χ3v) is 1.66. The average molecular weight is 239 g/mol. The molecular weight excluding hydrogens is 224 g/mol. The Bertz CT molecular complexity index is 392. The van der Waals surface area contributed by atoms with E-state index >= 15 is 0 Å². The minimum atomic E-state index is -1.87. The fourth-order valence-corrected chi connectivity index (χ4v) is 1.01. The van der Waals surface area contributed by atoms with E-state index in [1.165, 1.54) is 24.6 Å². The number of halogens is 1. The molecule has 0 bridgehead atoms. The molecule has 0 aliphatic carbocycles. The van der Waals surface area contributed by atoms with E-state index in [0.717, 1.165) is 6.07 Å². The summed E-state index contributed by atoms with van der Waals surface area (Å²) in [5, 5.41) is 17.5. The van der Waals surface area contributed by atoms with Gasteiger partial charge in [0.1, 0.15) is 5.82 Å². The van der Waals surface area contributed by atoms with Gasteiger partial charge in [-0.25, -0.2) is 14.2 Å². The van der Waals surface area contributed by atoms with Crippen molar-refractivity contribution in [3.63, 3.8) is 0 Å². The van der Waals surface area contributed by atoms with Gasteiger partial charge >= 0.3 is 7.12 Å². The number of hydrogen-bond acceptors (Lipinski definition) is 4. The van der Waals surface area contributed by atoms with Crippen LogP contribution in [-0.4, -0.2) is 23.2 Å². The lowest BCUT2D eigenvalue weighted by atomic mass is 9.79. The maximum atomic E-state index is 12.9. The molecule has 0 unspecified atom stereocenters. The molecule has 0 heterocycles. The van der Waals surface area contributed by atoms with Crippen molar-refractivity contribution in [1.82, 2.24) is 0 Å². The number of rotatable bonds is 3. The highest BCUT2D eigenvalue weighted by molar-refractivity contribution is 6.58. The number of aliphatic imine (C=N–C) groups is 1. The Balaban J connectivity index is 0.000000770. The van der Waals surface area contributed by atoms with E-state index in [2.05, 4.69) is 18.8 Å². The molecule has 1 rings (SSSR count). The molecule has 0 aliphatic heterocycles. The Morgan fingerprint density at radius 2 is 2.00 bits per heavy atom. The monoisotopic (exact) mass is 239 g/mol. The van der Waals surface area contributed by atoms with Crippen LogP contribution in [0.2, 0.25) is 0 Å². The topological polar surface area (TPSA) is 69.9 Å². The molecule has 1 aromatic rings. The average Bonchev–Trinajstić information content (AvgIpc) is 2.28. The fraction of sp³-hybridized carbons (Fsp3) is 0.364. The first-order valence-electron chi connectivity index (χ1n) is 5.24. The van der Waals surface area contributed by atoms with Crippen molar-refractivity contribution < 1.29 is 19.2 Å². The Hall–Kier alpha value is -1.49. The normalized spacial score (nSPS) is 8.76. The molecule has 0 radical (unpaired) electrons. The van der Waals surface area contributed by atoms with Gasteiger partial charge in [-0.2, -0.15) is 0 Å². The highest BCUT2D eigenvalue weighted by Crippen LogP contribution is 2.02. The van der Waals surface area contributed by atoms with Crippen molar-refractivity contribution in [2.45, 2.75) is 26.8 Å². The minimum absolute atomic E-state index is 0.0451. The molecule has 0 saturated carbocycles. The Labute approximate surface area is 100.0 Å². The number of benzene rings is 1. The van der Waals surface area contributed by atoms with E-state index in [0.29, 0.717) is 5.56 Å². The Kier molecular flexibility index (Phi) is 7.89. The van der Waals surface area contributed by atoms with Crippen LogP contribution in [-0.2, 0) is 11.3 Å². The molecule has 17 heavy (non-hydrogen) atoms. The predicted molar refractivity (Wildman–Crippen MR) is 64.0 cm³/mol. The first-order chi connectivity index (χ1) is 8.06. The van der Waals surface area contributed by atoms with E-state index < -0.39 is 12.9 Å². The van der Waals surface area contributed by atoms with Crippen LogP contribution in [0.5, 0.6) is 0 Å². The van der Waals surface area contributed by atoms with E-state index in [4.69, 9.17) is 10.0 Å². The summed E-state index contributed by atoms with van der Waals surface area (Å²) in [7, 11) is -1.87. The summed E-state index contributed by atoms with van der Waals surface area (Å²) in [5.74, 6) is -0.709. The van der Waals surface area contributed by atoms with Crippen LogP contribution in [0.15, 0.2) is 23.2 Å². The van der Waals surface area contributed by atoms with Crippen LogP contribution >= 0.6 is 0 Å². The first-order valence-corrected chi connectivity index (χ1v) is 5.24. The van der Waals surface area contributed by atoms with Gasteiger partial charge in [0.25, 0.3) is 0 Å². The summed E-state index contributed by atoms with van der Waals surface area (Å²) >= 11 is 0. The lowest BCUT2D eigenvalue weighted by Gasteiger charge is -2.03. The number of nitrogens with zero attached hydrogens (tertiary/aromatic N) is 1.